The van der Waals surface area contributed by atoms with Crippen LogP contribution in [0.1, 0.15) is 24.8 Å². The molecule has 1 amide bonds. The second-order valence-corrected chi connectivity index (χ2v) is 8.48. The number of carbonyl (C=O) groups excluding carboxylic acids is 1. The highest BCUT2D eigenvalue weighted by atomic mass is 32.1. The van der Waals surface area contributed by atoms with Gasteiger partial charge in [-0.25, -0.2) is 0 Å². The minimum Gasteiger partial charge on any atom is -0.391 e. The molecule has 25 heavy (non-hydrogen) atoms. The lowest BCUT2D eigenvalue weighted by atomic mass is 9.77. The summed E-state index contributed by atoms with van der Waals surface area (Å²) in [6.45, 7) is 5.08. The van der Waals surface area contributed by atoms with Gasteiger partial charge in [0.15, 0.2) is 0 Å². The Labute approximate surface area is 153 Å². The number of aliphatic hydroxyl groups excluding tert-OH is 1. The number of hydrogen-bond donors (Lipinski definition) is 1. The fraction of sp³-hybridized carbons (Fsp3) is 0.737. The molecular weight excluding hydrogens is 336 g/mol. The SMILES string of the molecule is O=C(CCc1ccsc1)N1C[C@H]2C[C@@H](N3CCOCC3)[C@H](O)C[C@H]2C1. The first-order chi connectivity index (χ1) is 12.2. The topological polar surface area (TPSA) is 53.0 Å². The van der Waals surface area contributed by atoms with E-state index in [9.17, 15) is 9.90 Å². The standard InChI is InChI=1S/C19H28N2O3S/c22-18-10-16-12-21(19(23)2-1-14-3-8-25-13-14)11-15(16)9-17(18)20-4-6-24-7-5-20/h3,8,13,15-18,22H,1-2,4-7,9-12H2/t15-,16+,17-,18-/m1/s1. The molecule has 0 spiro atoms. The number of aliphatic hydroxyl groups is 1. The highest BCUT2D eigenvalue weighted by Crippen LogP contribution is 2.38. The van der Waals surface area contributed by atoms with Crippen LogP contribution in [0, 0.1) is 11.8 Å². The number of carbonyl (C=O) groups is 1. The molecule has 6 heteroatoms. The second kappa shape index (κ2) is 7.74. The summed E-state index contributed by atoms with van der Waals surface area (Å²) in [5.74, 6) is 1.29. The largest absolute Gasteiger partial charge is 0.391 e. The quantitative estimate of drug-likeness (QED) is 0.882. The first-order valence-electron chi connectivity index (χ1n) is 9.49. The van der Waals surface area contributed by atoms with Crippen LogP contribution in [0.15, 0.2) is 16.8 Å². The number of ether oxygens (including phenoxy) is 1. The Bertz CT molecular complexity index is 573. The van der Waals surface area contributed by atoms with Crippen molar-refractivity contribution in [3.05, 3.63) is 22.4 Å². The number of fused-ring (bicyclic) bond motifs is 1. The zero-order valence-electron chi connectivity index (χ0n) is 14.7. The molecule has 1 aromatic heterocycles. The zero-order chi connectivity index (χ0) is 17.2. The van der Waals surface area contributed by atoms with Crippen LogP contribution in [-0.4, -0.2) is 72.4 Å². The Morgan fingerprint density at radius 2 is 2.00 bits per heavy atom. The van der Waals surface area contributed by atoms with E-state index >= 15 is 0 Å². The summed E-state index contributed by atoms with van der Waals surface area (Å²) in [6.07, 6.45) is 3.03. The number of morpholine rings is 1. The monoisotopic (exact) mass is 364 g/mol. The third kappa shape index (κ3) is 3.92. The summed E-state index contributed by atoms with van der Waals surface area (Å²) in [7, 11) is 0. The number of rotatable bonds is 4. The highest BCUT2D eigenvalue weighted by molar-refractivity contribution is 7.07. The summed E-state index contributed by atoms with van der Waals surface area (Å²) in [5.41, 5.74) is 1.26. The fourth-order valence-electron chi connectivity index (χ4n) is 4.76. The van der Waals surface area contributed by atoms with E-state index in [1.165, 1.54) is 5.56 Å². The number of nitrogens with zero attached hydrogens (tertiary/aromatic N) is 2. The minimum absolute atomic E-state index is 0.242. The molecule has 2 aliphatic heterocycles. The third-order valence-corrected chi connectivity index (χ3v) is 6.92. The van der Waals surface area contributed by atoms with Gasteiger partial charge >= 0.3 is 0 Å². The van der Waals surface area contributed by atoms with E-state index in [1.807, 2.05) is 0 Å². The molecule has 0 radical (unpaired) electrons. The van der Waals surface area contributed by atoms with Crippen molar-refractivity contribution in [2.75, 3.05) is 39.4 Å². The maximum Gasteiger partial charge on any atom is 0.222 e. The van der Waals surface area contributed by atoms with Crippen molar-refractivity contribution in [1.82, 2.24) is 9.80 Å². The number of aryl methyl sites for hydroxylation is 1. The van der Waals surface area contributed by atoms with Crippen LogP contribution in [0.25, 0.3) is 0 Å². The summed E-state index contributed by atoms with van der Waals surface area (Å²) in [4.78, 5) is 17.0. The van der Waals surface area contributed by atoms with E-state index in [0.717, 1.165) is 58.7 Å². The van der Waals surface area contributed by atoms with Crippen molar-refractivity contribution in [3.63, 3.8) is 0 Å². The van der Waals surface area contributed by atoms with Gasteiger partial charge in [0.05, 0.1) is 19.3 Å². The molecule has 4 rings (SSSR count). The molecule has 2 saturated heterocycles. The van der Waals surface area contributed by atoms with E-state index in [0.29, 0.717) is 18.3 Å². The van der Waals surface area contributed by atoms with Gasteiger partial charge in [-0.05, 0) is 53.5 Å². The van der Waals surface area contributed by atoms with Gasteiger partial charge in [0.1, 0.15) is 0 Å². The van der Waals surface area contributed by atoms with Gasteiger partial charge in [0.25, 0.3) is 0 Å². The molecule has 3 aliphatic rings. The average Bonchev–Trinajstić information content (AvgIpc) is 3.29. The molecule has 1 aromatic rings. The molecule has 4 atom stereocenters. The molecule has 1 saturated carbocycles. The molecule has 1 N–H and O–H groups in total. The van der Waals surface area contributed by atoms with Gasteiger partial charge in [-0.3, -0.25) is 9.69 Å². The average molecular weight is 365 g/mol. The lowest BCUT2D eigenvalue weighted by Gasteiger charge is -2.43. The van der Waals surface area contributed by atoms with Gasteiger partial charge in [0, 0.05) is 38.6 Å². The van der Waals surface area contributed by atoms with Gasteiger partial charge < -0.3 is 14.7 Å². The zero-order valence-corrected chi connectivity index (χ0v) is 15.5. The number of hydrogen-bond acceptors (Lipinski definition) is 5. The Kier molecular flexibility index (Phi) is 5.41. The molecule has 3 fully saturated rings. The Morgan fingerprint density at radius 1 is 1.24 bits per heavy atom. The summed E-state index contributed by atoms with van der Waals surface area (Å²) in [5, 5.41) is 14.8. The van der Waals surface area contributed by atoms with Crippen LogP contribution in [0.3, 0.4) is 0 Å². The molecule has 138 valence electrons. The van der Waals surface area contributed by atoms with Crippen molar-refractivity contribution in [1.29, 1.82) is 0 Å². The van der Waals surface area contributed by atoms with E-state index in [2.05, 4.69) is 26.6 Å². The van der Waals surface area contributed by atoms with Gasteiger partial charge in [-0.15, -0.1) is 0 Å². The highest BCUT2D eigenvalue weighted by Gasteiger charge is 2.44. The van der Waals surface area contributed by atoms with E-state index in [1.54, 1.807) is 11.3 Å². The molecular formula is C19H28N2O3S. The number of amides is 1. The molecule has 3 heterocycles. The van der Waals surface area contributed by atoms with Crippen LogP contribution in [0.2, 0.25) is 0 Å². The Morgan fingerprint density at radius 3 is 2.72 bits per heavy atom. The van der Waals surface area contributed by atoms with E-state index in [-0.39, 0.29) is 18.1 Å². The van der Waals surface area contributed by atoms with Crippen LogP contribution < -0.4 is 0 Å². The predicted molar refractivity (Wildman–Crippen MR) is 97.6 cm³/mol. The summed E-state index contributed by atoms with van der Waals surface area (Å²) < 4.78 is 5.44. The van der Waals surface area contributed by atoms with Gasteiger partial charge in [0.2, 0.25) is 5.91 Å². The smallest absolute Gasteiger partial charge is 0.222 e. The first kappa shape index (κ1) is 17.5. The Balaban J connectivity index is 1.32. The van der Waals surface area contributed by atoms with Crippen LogP contribution in [0.5, 0.6) is 0 Å². The lowest BCUT2D eigenvalue weighted by Crippen LogP contribution is -2.53. The van der Waals surface area contributed by atoms with E-state index < -0.39 is 0 Å². The fourth-order valence-corrected chi connectivity index (χ4v) is 5.46. The second-order valence-electron chi connectivity index (χ2n) is 7.70. The van der Waals surface area contributed by atoms with E-state index in [4.69, 9.17) is 4.74 Å². The molecule has 0 aromatic carbocycles. The third-order valence-electron chi connectivity index (χ3n) is 6.18. The van der Waals surface area contributed by atoms with Crippen molar-refractivity contribution >= 4 is 17.2 Å². The van der Waals surface area contributed by atoms with Crippen molar-refractivity contribution in [2.24, 2.45) is 11.8 Å². The Hall–Kier alpha value is -0.950. The molecule has 0 unspecified atom stereocenters. The molecule has 1 aliphatic carbocycles. The first-order valence-corrected chi connectivity index (χ1v) is 10.4. The molecule has 0 bridgehead atoms. The summed E-state index contributed by atoms with van der Waals surface area (Å²) in [6, 6.07) is 2.34. The predicted octanol–water partition coefficient (Wildman–Crippen LogP) is 1.61. The number of thiophene rings is 1. The lowest BCUT2D eigenvalue weighted by molar-refractivity contribution is -0.130. The molecule has 5 nitrogen and oxygen atoms in total. The van der Waals surface area contributed by atoms with Gasteiger partial charge in [-0.1, -0.05) is 0 Å². The number of likely N-dealkylation sites (tertiary alicyclic amines) is 1. The van der Waals surface area contributed by atoms with Crippen LogP contribution >= 0.6 is 11.3 Å². The van der Waals surface area contributed by atoms with Crippen molar-refractivity contribution in [3.8, 4) is 0 Å². The van der Waals surface area contributed by atoms with Crippen molar-refractivity contribution in [2.45, 2.75) is 37.8 Å². The maximum absolute atomic E-state index is 12.6. The van der Waals surface area contributed by atoms with Gasteiger partial charge in [-0.2, -0.15) is 11.3 Å². The minimum atomic E-state index is -0.264. The van der Waals surface area contributed by atoms with Crippen LogP contribution in [0.4, 0.5) is 0 Å². The maximum atomic E-state index is 12.6. The summed E-state index contributed by atoms with van der Waals surface area (Å²) >= 11 is 1.69. The van der Waals surface area contributed by atoms with Crippen LogP contribution in [-0.2, 0) is 16.0 Å². The normalized spacial score (nSPS) is 33.4. The van der Waals surface area contributed by atoms with Crippen molar-refractivity contribution < 1.29 is 14.6 Å².